The van der Waals surface area contributed by atoms with E-state index in [1.54, 1.807) is 0 Å². The molecule has 0 saturated carbocycles. The Labute approximate surface area is 162 Å². The molecule has 134 valence electrons. The first-order valence-corrected chi connectivity index (χ1v) is 10.0. The summed E-state index contributed by atoms with van der Waals surface area (Å²) in [4.78, 5) is 18.0. The zero-order valence-electron chi connectivity index (χ0n) is 15.0. The molecule has 1 aliphatic heterocycles. The predicted octanol–water partition coefficient (Wildman–Crippen LogP) is 5.13. The molecule has 0 unspecified atom stereocenters. The molecule has 1 aliphatic rings. The van der Waals surface area contributed by atoms with Gasteiger partial charge in [-0.05, 0) is 37.1 Å². The van der Waals surface area contributed by atoms with Crippen LogP contribution in [0.4, 0.5) is 5.69 Å². The van der Waals surface area contributed by atoms with Gasteiger partial charge in [0.15, 0.2) is 0 Å². The van der Waals surface area contributed by atoms with Gasteiger partial charge in [0.2, 0.25) is 0 Å². The van der Waals surface area contributed by atoms with E-state index in [0.717, 1.165) is 36.3 Å². The lowest BCUT2D eigenvalue weighted by Gasteiger charge is -2.37. The van der Waals surface area contributed by atoms with Gasteiger partial charge in [-0.25, -0.2) is 0 Å². The van der Waals surface area contributed by atoms with Crippen LogP contribution >= 0.6 is 22.9 Å². The Kier molecular flexibility index (Phi) is 4.63. The lowest BCUT2D eigenvalue weighted by Crippen LogP contribution is -2.48. The molecule has 5 heteroatoms. The van der Waals surface area contributed by atoms with E-state index in [-0.39, 0.29) is 5.91 Å². The number of hydrogen-bond donors (Lipinski definition) is 0. The normalized spacial score (nSPS) is 14.9. The zero-order valence-corrected chi connectivity index (χ0v) is 16.5. The molecule has 0 radical (unpaired) electrons. The number of rotatable bonds is 2. The molecule has 0 atom stereocenters. The number of amides is 1. The van der Waals surface area contributed by atoms with Gasteiger partial charge in [-0.1, -0.05) is 41.9 Å². The molecule has 2 aromatic carbocycles. The molecule has 1 fully saturated rings. The number of benzene rings is 2. The first-order chi connectivity index (χ1) is 12.6. The number of carbonyl (C=O) groups is 1. The largest absolute Gasteiger partial charge is 0.368 e. The van der Waals surface area contributed by atoms with E-state index in [2.05, 4.69) is 36.9 Å². The summed E-state index contributed by atoms with van der Waals surface area (Å²) in [6, 6.07) is 14.3. The van der Waals surface area contributed by atoms with Crippen LogP contribution < -0.4 is 4.90 Å². The van der Waals surface area contributed by atoms with Gasteiger partial charge in [-0.15, -0.1) is 11.3 Å². The molecule has 2 heterocycles. The Morgan fingerprint density at radius 3 is 2.46 bits per heavy atom. The second-order valence-electron chi connectivity index (χ2n) is 6.74. The molecular formula is C21H21ClN2OS. The van der Waals surface area contributed by atoms with E-state index >= 15 is 0 Å². The molecule has 0 N–H and O–H groups in total. The Balaban J connectivity index is 1.51. The van der Waals surface area contributed by atoms with Crippen LogP contribution in [0.5, 0.6) is 0 Å². The van der Waals surface area contributed by atoms with Gasteiger partial charge in [0, 0.05) is 42.0 Å². The summed E-state index contributed by atoms with van der Waals surface area (Å²) < 4.78 is 1.06. The molecule has 1 saturated heterocycles. The van der Waals surface area contributed by atoms with Gasteiger partial charge in [0.25, 0.3) is 5.91 Å². The van der Waals surface area contributed by atoms with Crippen molar-refractivity contribution in [2.75, 3.05) is 31.1 Å². The lowest BCUT2D eigenvalue weighted by atomic mass is 10.1. The average Bonchev–Trinajstić information content (AvgIpc) is 3.01. The fourth-order valence-corrected chi connectivity index (χ4v) is 5.00. The highest BCUT2D eigenvalue weighted by atomic mass is 35.5. The smallest absolute Gasteiger partial charge is 0.265 e. The van der Waals surface area contributed by atoms with E-state index in [4.69, 9.17) is 11.6 Å². The minimum Gasteiger partial charge on any atom is -0.368 e. The highest BCUT2D eigenvalue weighted by molar-refractivity contribution is 7.21. The Morgan fingerprint density at radius 2 is 1.73 bits per heavy atom. The number of halogens is 1. The van der Waals surface area contributed by atoms with Gasteiger partial charge < -0.3 is 9.80 Å². The number of nitrogens with zero attached hydrogens (tertiary/aromatic N) is 2. The van der Waals surface area contributed by atoms with E-state index in [0.29, 0.717) is 9.90 Å². The van der Waals surface area contributed by atoms with Gasteiger partial charge in [0.05, 0.1) is 5.02 Å². The van der Waals surface area contributed by atoms with Crippen LogP contribution in [-0.4, -0.2) is 37.0 Å². The number of thiophene rings is 1. The van der Waals surface area contributed by atoms with Crippen molar-refractivity contribution in [3.05, 3.63) is 63.5 Å². The summed E-state index contributed by atoms with van der Waals surface area (Å²) in [5.74, 6) is 0.0526. The lowest BCUT2D eigenvalue weighted by molar-refractivity contribution is 0.0752. The third-order valence-electron chi connectivity index (χ3n) is 5.21. The number of hydrogen-bond acceptors (Lipinski definition) is 3. The second-order valence-corrected chi connectivity index (χ2v) is 8.17. The van der Waals surface area contributed by atoms with E-state index in [1.165, 1.54) is 28.2 Å². The fourth-order valence-electron chi connectivity index (χ4n) is 3.52. The summed E-state index contributed by atoms with van der Waals surface area (Å²) >= 11 is 7.98. The third kappa shape index (κ3) is 2.97. The molecule has 4 rings (SSSR count). The zero-order chi connectivity index (χ0) is 18.3. The summed E-state index contributed by atoms with van der Waals surface area (Å²) in [5, 5.41) is 1.56. The van der Waals surface area contributed by atoms with Crippen LogP contribution in [0.15, 0.2) is 42.5 Å². The maximum atomic E-state index is 13.0. The molecule has 1 amide bonds. The first-order valence-electron chi connectivity index (χ1n) is 8.83. The topological polar surface area (TPSA) is 23.6 Å². The molecule has 1 aromatic heterocycles. The Bertz CT molecular complexity index is 973. The van der Waals surface area contributed by atoms with Crippen molar-refractivity contribution in [1.29, 1.82) is 0 Å². The van der Waals surface area contributed by atoms with Crippen LogP contribution in [0.2, 0.25) is 5.02 Å². The van der Waals surface area contributed by atoms with E-state index in [1.807, 2.05) is 29.2 Å². The number of fused-ring (bicyclic) bond motifs is 1. The van der Waals surface area contributed by atoms with Gasteiger partial charge in [0.1, 0.15) is 4.88 Å². The maximum Gasteiger partial charge on any atom is 0.265 e. The second kappa shape index (κ2) is 6.93. The van der Waals surface area contributed by atoms with E-state index in [9.17, 15) is 4.79 Å². The van der Waals surface area contributed by atoms with E-state index < -0.39 is 0 Å². The van der Waals surface area contributed by atoms with Crippen LogP contribution in [0.1, 0.15) is 20.8 Å². The molecule has 26 heavy (non-hydrogen) atoms. The summed E-state index contributed by atoms with van der Waals surface area (Å²) in [7, 11) is 0. The van der Waals surface area contributed by atoms with Gasteiger partial charge in [-0.3, -0.25) is 4.79 Å². The monoisotopic (exact) mass is 384 g/mol. The van der Waals surface area contributed by atoms with Crippen LogP contribution in [-0.2, 0) is 0 Å². The molecule has 0 spiro atoms. The minimum atomic E-state index is 0.0526. The van der Waals surface area contributed by atoms with Crippen LogP contribution in [0.25, 0.3) is 10.1 Å². The molecule has 0 bridgehead atoms. The predicted molar refractivity (Wildman–Crippen MR) is 111 cm³/mol. The number of piperazine rings is 1. The molecular weight excluding hydrogens is 364 g/mol. The average molecular weight is 385 g/mol. The number of carbonyl (C=O) groups excluding carboxylic acids is 1. The van der Waals surface area contributed by atoms with Crippen molar-refractivity contribution in [3.8, 4) is 0 Å². The number of anilines is 1. The Morgan fingerprint density at radius 1 is 1.00 bits per heavy atom. The van der Waals surface area contributed by atoms with Crippen LogP contribution in [0, 0.1) is 13.8 Å². The molecule has 3 nitrogen and oxygen atoms in total. The van der Waals surface area contributed by atoms with Crippen molar-refractivity contribution in [2.45, 2.75) is 13.8 Å². The SMILES string of the molecule is Cc1cccc(N2CCN(C(=O)c3sc4ccccc4c3Cl)CC2)c1C. The van der Waals surface area contributed by atoms with Crippen molar-refractivity contribution in [3.63, 3.8) is 0 Å². The Hall–Kier alpha value is -2.04. The maximum absolute atomic E-state index is 13.0. The summed E-state index contributed by atoms with van der Waals surface area (Å²) in [6.45, 7) is 7.44. The summed E-state index contributed by atoms with van der Waals surface area (Å²) in [5.41, 5.74) is 3.90. The fraction of sp³-hybridized carbons (Fsp3) is 0.286. The van der Waals surface area contributed by atoms with Crippen molar-refractivity contribution in [1.82, 2.24) is 4.90 Å². The molecule has 3 aromatic rings. The highest BCUT2D eigenvalue weighted by Gasteiger charge is 2.26. The van der Waals surface area contributed by atoms with Gasteiger partial charge >= 0.3 is 0 Å². The standard InChI is InChI=1S/C21H21ClN2OS/c1-14-6-5-8-17(15(14)2)23-10-12-24(13-11-23)21(25)20-19(22)16-7-3-4-9-18(16)26-20/h3-9H,10-13H2,1-2H3. The number of aryl methyl sites for hydroxylation is 1. The molecule has 0 aliphatic carbocycles. The van der Waals surface area contributed by atoms with Crippen molar-refractivity contribution >= 4 is 44.6 Å². The van der Waals surface area contributed by atoms with Crippen LogP contribution in [0.3, 0.4) is 0 Å². The summed E-state index contributed by atoms with van der Waals surface area (Å²) in [6.07, 6.45) is 0. The third-order valence-corrected chi connectivity index (χ3v) is 6.88. The van der Waals surface area contributed by atoms with Gasteiger partial charge in [-0.2, -0.15) is 0 Å². The highest BCUT2D eigenvalue weighted by Crippen LogP contribution is 2.36. The first kappa shape index (κ1) is 17.4. The van der Waals surface area contributed by atoms with Crippen molar-refractivity contribution in [2.24, 2.45) is 0 Å². The minimum absolute atomic E-state index is 0.0526. The van der Waals surface area contributed by atoms with Crippen molar-refractivity contribution < 1.29 is 4.79 Å². The quantitative estimate of drug-likeness (QED) is 0.611.